The number of aliphatic hydroxyl groups is 2. The molecule has 21 heavy (non-hydrogen) atoms. The molecular formula is C17H34O4. The van der Waals surface area contributed by atoms with E-state index in [1.54, 1.807) is 0 Å². The third-order valence-corrected chi connectivity index (χ3v) is 3.66. The van der Waals surface area contributed by atoms with Crippen molar-refractivity contribution < 1.29 is 19.7 Å². The number of esters is 1. The van der Waals surface area contributed by atoms with Gasteiger partial charge in [-0.3, -0.25) is 4.79 Å². The molecule has 0 rings (SSSR count). The second-order valence-electron chi connectivity index (χ2n) is 5.75. The minimum Gasteiger partial charge on any atom is -0.463 e. The summed E-state index contributed by atoms with van der Waals surface area (Å²) in [7, 11) is 0. The number of rotatable bonds is 15. The Morgan fingerprint density at radius 1 is 0.952 bits per heavy atom. The Labute approximate surface area is 129 Å². The second-order valence-corrected chi connectivity index (χ2v) is 5.75. The van der Waals surface area contributed by atoms with Crippen LogP contribution in [0.15, 0.2) is 0 Å². The highest BCUT2D eigenvalue weighted by atomic mass is 16.5. The molecule has 0 aromatic heterocycles. The Kier molecular flexibility index (Phi) is 15.3. The maximum atomic E-state index is 11.2. The van der Waals surface area contributed by atoms with Gasteiger partial charge in [0.1, 0.15) is 6.61 Å². The quantitative estimate of drug-likeness (QED) is 0.358. The summed E-state index contributed by atoms with van der Waals surface area (Å²) >= 11 is 0. The number of hydrogen-bond donors (Lipinski definition) is 2. The molecule has 0 amide bonds. The molecule has 4 heteroatoms. The van der Waals surface area contributed by atoms with Gasteiger partial charge in [-0.25, -0.2) is 0 Å². The molecule has 0 aliphatic heterocycles. The van der Waals surface area contributed by atoms with E-state index in [2.05, 4.69) is 6.92 Å². The fourth-order valence-electron chi connectivity index (χ4n) is 2.36. The van der Waals surface area contributed by atoms with E-state index in [-0.39, 0.29) is 25.3 Å². The molecular weight excluding hydrogens is 268 g/mol. The number of ether oxygens (including phenoxy) is 1. The van der Waals surface area contributed by atoms with Gasteiger partial charge in [0.25, 0.3) is 0 Å². The topological polar surface area (TPSA) is 66.8 Å². The van der Waals surface area contributed by atoms with Crippen molar-refractivity contribution in [3.63, 3.8) is 0 Å². The largest absolute Gasteiger partial charge is 0.463 e. The van der Waals surface area contributed by atoms with Crippen LogP contribution in [0.1, 0.15) is 84.0 Å². The fourth-order valence-corrected chi connectivity index (χ4v) is 2.36. The molecule has 0 aromatic carbocycles. The molecule has 0 aromatic rings. The molecule has 4 nitrogen and oxygen atoms in total. The van der Waals surface area contributed by atoms with Crippen LogP contribution in [0.25, 0.3) is 0 Å². The van der Waals surface area contributed by atoms with Gasteiger partial charge in [-0.2, -0.15) is 0 Å². The lowest BCUT2D eigenvalue weighted by atomic mass is 10.0. The molecule has 126 valence electrons. The molecule has 0 radical (unpaired) electrons. The van der Waals surface area contributed by atoms with Gasteiger partial charge in [-0.15, -0.1) is 0 Å². The minimum absolute atomic E-state index is 0.105. The van der Waals surface area contributed by atoms with Crippen molar-refractivity contribution in [1.82, 2.24) is 0 Å². The summed E-state index contributed by atoms with van der Waals surface area (Å²) in [5.74, 6) is -0.216. The van der Waals surface area contributed by atoms with Crippen LogP contribution in [-0.4, -0.2) is 35.5 Å². The van der Waals surface area contributed by atoms with Crippen LogP contribution in [-0.2, 0) is 9.53 Å². The van der Waals surface area contributed by atoms with Gasteiger partial charge in [0.05, 0.1) is 12.7 Å². The van der Waals surface area contributed by atoms with Gasteiger partial charge in [0.15, 0.2) is 0 Å². The van der Waals surface area contributed by atoms with Gasteiger partial charge in [0.2, 0.25) is 0 Å². The van der Waals surface area contributed by atoms with Crippen molar-refractivity contribution in [2.45, 2.75) is 90.1 Å². The maximum absolute atomic E-state index is 11.2. The standard InChI is InChI=1S/C17H34O4/c1-2-3-4-8-11-16(19)12-9-6-5-7-10-13-17(20)21-15-14-18/h16,18-19H,2-15H2,1H3. The first kappa shape index (κ1) is 20.4. The molecule has 0 aliphatic carbocycles. The lowest BCUT2D eigenvalue weighted by molar-refractivity contribution is -0.144. The molecule has 0 saturated heterocycles. The summed E-state index contributed by atoms with van der Waals surface area (Å²) in [6.07, 6.45) is 12.2. The highest BCUT2D eigenvalue weighted by Gasteiger charge is 2.04. The first-order valence-corrected chi connectivity index (χ1v) is 8.65. The zero-order valence-electron chi connectivity index (χ0n) is 13.7. The summed E-state index contributed by atoms with van der Waals surface area (Å²) in [5.41, 5.74) is 0. The van der Waals surface area contributed by atoms with Crippen molar-refractivity contribution in [2.75, 3.05) is 13.2 Å². The highest BCUT2D eigenvalue weighted by Crippen LogP contribution is 2.13. The smallest absolute Gasteiger partial charge is 0.305 e. The van der Waals surface area contributed by atoms with Crippen LogP contribution in [0.4, 0.5) is 0 Å². The van der Waals surface area contributed by atoms with Gasteiger partial charge in [-0.05, 0) is 19.3 Å². The number of carbonyl (C=O) groups is 1. The number of aliphatic hydroxyl groups excluding tert-OH is 2. The SMILES string of the molecule is CCCCCCC(O)CCCCCCCC(=O)OCCO. The van der Waals surface area contributed by atoms with E-state index in [1.165, 1.54) is 19.3 Å². The summed E-state index contributed by atoms with van der Waals surface area (Å²) in [4.78, 5) is 11.2. The van der Waals surface area contributed by atoms with Crippen LogP contribution in [0.3, 0.4) is 0 Å². The molecule has 0 spiro atoms. The molecule has 0 fully saturated rings. The van der Waals surface area contributed by atoms with Crippen LogP contribution in [0, 0.1) is 0 Å². The van der Waals surface area contributed by atoms with Crippen LogP contribution in [0.2, 0.25) is 0 Å². The molecule has 1 atom stereocenters. The van der Waals surface area contributed by atoms with Gasteiger partial charge in [-0.1, -0.05) is 58.3 Å². The van der Waals surface area contributed by atoms with Gasteiger partial charge >= 0.3 is 5.97 Å². The van der Waals surface area contributed by atoms with Crippen molar-refractivity contribution in [1.29, 1.82) is 0 Å². The average Bonchev–Trinajstić information content (AvgIpc) is 2.48. The molecule has 0 bridgehead atoms. The third kappa shape index (κ3) is 15.6. The van der Waals surface area contributed by atoms with E-state index in [9.17, 15) is 9.90 Å². The lowest BCUT2D eigenvalue weighted by Gasteiger charge is -2.10. The fraction of sp³-hybridized carbons (Fsp3) is 0.941. The number of carbonyl (C=O) groups excluding carboxylic acids is 1. The normalized spacial score (nSPS) is 12.3. The molecule has 0 aliphatic rings. The Hall–Kier alpha value is -0.610. The average molecular weight is 302 g/mol. The molecule has 0 saturated carbocycles. The van der Waals surface area contributed by atoms with E-state index in [0.717, 1.165) is 51.4 Å². The maximum Gasteiger partial charge on any atom is 0.305 e. The minimum atomic E-state index is -0.216. The Bertz CT molecular complexity index is 231. The van der Waals surface area contributed by atoms with Crippen LogP contribution >= 0.6 is 0 Å². The summed E-state index contributed by atoms with van der Waals surface area (Å²) in [6, 6.07) is 0. The Morgan fingerprint density at radius 3 is 2.14 bits per heavy atom. The number of hydrogen-bond acceptors (Lipinski definition) is 4. The van der Waals surface area contributed by atoms with E-state index in [1.807, 2.05) is 0 Å². The zero-order chi connectivity index (χ0) is 15.8. The van der Waals surface area contributed by atoms with Crippen molar-refractivity contribution in [3.8, 4) is 0 Å². The Morgan fingerprint density at radius 2 is 1.52 bits per heavy atom. The zero-order valence-corrected chi connectivity index (χ0v) is 13.7. The first-order chi connectivity index (χ1) is 10.2. The molecule has 2 N–H and O–H groups in total. The highest BCUT2D eigenvalue weighted by molar-refractivity contribution is 5.69. The molecule has 1 unspecified atom stereocenters. The summed E-state index contributed by atoms with van der Waals surface area (Å²) in [6.45, 7) is 2.20. The predicted molar refractivity (Wildman–Crippen MR) is 85.1 cm³/mol. The van der Waals surface area contributed by atoms with E-state index >= 15 is 0 Å². The predicted octanol–water partition coefficient (Wildman–Crippen LogP) is 3.58. The monoisotopic (exact) mass is 302 g/mol. The van der Waals surface area contributed by atoms with E-state index < -0.39 is 0 Å². The Balaban J connectivity index is 3.22. The summed E-state index contributed by atoms with van der Waals surface area (Å²) < 4.78 is 4.78. The van der Waals surface area contributed by atoms with Crippen LogP contribution < -0.4 is 0 Å². The van der Waals surface area contributed by atoms with Crippen molar-refractivity contribution in [3.05, 3.63) is 0 Å². The number of unbranched alkanes of at least 4 members (excludes halogenated alkanes) is 7. The van der Waals surface area contributed by atoms with E-state index in [0.29, 0.717) is 6.42 Å². The lowest BCUT2D eigenvalue weighted by Crippen LogP contribution is -2.08. The molecule has 0 heterocycles. The first-order valence-electron chi connectivity index (χ1n) is 8.65. The second kappa shape index (κ2) is 15.8. The summed E-state index contributed by atoms with van der Waals surface area (Å²) in [5, 5.41) is 18.3. The van der Waals surface area contributed by atoms with Gasteiger partial charge in [0, 0.05) is 6.42 Å². The van der Waals surface area contributed by atoms with E-state index in [4.69, 9.17) is 9.84 Å². The third-order valence-electron chi connectivity index (χ3n) is 3.66. The van der Waals surface area contributed by atoms with Gasteiger partial charge < -0.3 is 14.9 Å². The van der Waals surface area contributed by atoms with Crippen molar-refractivity contribution in [2.24, 2.45) is 0 Å². The van der Waals surface area contributed by atoms with Crippen LogP contribution in [0.5, 0.6) is 0 Å². The van der Waals surface area contributed by atoms with Crippen molar-refractivity contribution >= 4 is 5.97 Å².